The Bertz CT molecular complexity index is 860. The maximum absolute atomic E-state index is 12.6. The molecule has 0 aromatic heterocycles. The fourth-order valence-electron chi connectivity index (χ4n) is 3.26. The van der Waals surface area contributed by atoms with Crippen LogP contribution in [0.25, 0.3) is 11.1 Å². The minimum absolute atomic E-state index is 0.0417. The Morgan fingerprint density at radius 3 is 2.07 bits per heavy atom. The number of hydrogen-bond donors (Lipinski definition) is 2. The lowest BCUT2D eigenvalue weighted by Gasteiger charge is -2.23. The topological polar surface area (TPSA) is 41.1 Å². The third-order valence-corrected chi connectivity index (χ3v) is 4.59. The average Bonchev–Trinajstić information content (AvgIpc) is 2.70. The highest BCUT2D eigenvalue weighted by Gasteiger charge is 2.16. The molecule has 0 heterocycles. The van der Waals surface area contributed by atoms with Crippen molar-refractivity contribution in [1.82, 2.24) is 5.32 Å². The van der Waals surface area contributed by atoms with Crippen molar-refractivity contribution in [2.75, 3.05) is 11.9 Å². The molecule has 1 atom stereocenters. The molecule has 0 radical (unpaired) electrons. The van der Waals surface area contributed by atoms with E-state index in [1.165, 1.54) is 5.56 Å². The van der Waals surface area contributed by atoms with Gasteiger partial charge in [-0.05, 0) is 23.1 Å². The van der Waals surface area contributed by atoms with Crippen LogP contribution in [0.1, 0.15) is 25.5 Å². The van der Waals surface area contributed by atoms with E-state index in [9.17, 15) is 4.79 Å². The molecule has 0 saturated heterocycles. The first kappa shape index (κ1) is 18.9. The van der Waals surface area contributed by atoms with Gasteiger partial charge in [0.2, 0.25) is 5.91 Å². The molecule has 1 amide bonds. The standard InChI is InChI=1S/C24H26N2O/c1-18(2)24(20-13-7-4-8-14-20)25-17-23(27)26-22-16-10-9-15-21(22)19-11-5-3-6-12-19/h3-16,18,24-25H,17H2,1-2H3,(H,26,27)/t24-/m0/s1. The quantitative estimate of drug-likeness (QED) is 0.603. The fraction of sp³-hybridized carbons (Fsp3) is 0.208. The van der Waals surface area contributed by atoms with E-state index in [4.69, 9.17) is 0 Å². The van der Waals surface area contributed by atoms with Gasteiger partial charge in [-0.3, -0.25) is 4.79 Å². The second-order valence-electron chi connectivity index (χ2n) is 6.97. The van der Waals surface area contributed by atoms with Gasteiger partial charge in [-0.1, -0.05) is 92.7 Å². The van der Waals surface area contributed by atoms with Crippen LogP contribution in [0, 0.1) is 5.92 Å². The van der Waals surface area contributed by atoms with Crippen LogP contribution in [0.2, 0.25) is 0 Å². The Kier molecular flexibility index (Phi) is 6.39. The first-order valence-corrected chi connectivity index (χ1v) is 9.38. The number of nitrogens with one attached hydrogen (secondary N) is 2. The number of para-hydroxylation sites is 1. The summed E-state index contributed by atoms with van der Waals surface area (Å²) >= 11 is 0. The Morgan fingerprint density at radius 1 is 0.815 bits per heavy atom. The van der Waals surface area contributed by atoms with Gasteiger partial charge < -0.3 is 10.6 Å². The Labute approximate surface area is 161 Å². The Balaban J connectivity index is 1.68. The number of amides is 1. The van der Waals surface area contributed by atoms with Crippen LogP contribution in [0.3, 0.4) is 0 Å². The number of rotatable bonds is 7. The normalized spacial score (nSPS) is 12.0. The van der Waals surface area contributed by atoms with E-state index < -0.39 is 0 Å². The molecule has 3 aromatic carbocycles. The van der Waals surface area contributed by atoms with Crippen molar-refractivity contribution in [2.45, 2.75) is 19.9 Å². The highest BCUT2D eigenvalue weighted by molar-refractivity contribution is 5.96. The zero-order chi connectivity index (χ0) is 19.1. The minimum atomic E-state index is -0.0417. The third-order valence-electron chi connectivity index (χ3n) is 4.59. The molecule has 3 heteroatoms. The summed E-state index contributed by atoms with van der Waals surface area (Å²) in [5, 5.41) is 6.46. The number of carbonyl (C=O) groups excluding carboxylic acids is 1. The molecule has 0 aliphatic heterocycles. The second-order valence-corrected chi connectivity index (χ2v) is 6.97. The van der Waals surface area contributed by atoms with Crippen molar-refractivity contribution in [1.29, 1.82) is 0 Å². The van der Waals surface area contributed by atoms with Crippen molar-refractivity contribution in [3.05, 3.63) is 90.5 Å². The summed E-state index contributed by atoms with van der Waals surface area (Å²) in [5.74, 6) is 0.344. The fourth-order valence-corrected chi connectivity index (χ4v) is 3.26. The predicted molar refractivity (Wildman–Crippen MR) is 113 cm³/mol. The van der Waals surface area contributed by atoms with Gasteiger partial charge in [0.05, 0.1) is 6.54 Å². The lowest BCUT2D eigenvalue weighted by Crippen LogP contribution is -2.33. The van der Waals surface area contributed by atoms with Crippen molar-refractivity contribution in [3.8, 4) is 11.1 Å². The molecule has 0 fully saturated rings. The minimum Gasteiger partial charge on any atom is -0.324 e. The van der Waals surface area contributed by atoms with Crippen molar-refractivity contribution in [3.63, 3.8) is 0 Å². The molecule has 0 aliphatic rings. The van der Waals surface area contributed by atoms with Gasteiger partial charge in [0.25, 0.3) is 0 Å². The van der Waals surface area contributed by atoms with Gasteiger partial charge in [0, 0.05) is 17.3 Å². The van der Waals surface area contributed by atoms with Crippen LogP contribution in [0.5, 0.6) is 0 Å². The van der Waals surface area contributed by atoms with Crippen LogP contribution in [-0.4, -0.2) is 12.5 Å². The molecule has 2 N–H and O–H groups in total. The molecule has 3 aromatic rings. The number of hydrogen-bond acceptors (Lipinski definition) is 2. The van der Waals surface area contributed by atoms with E-state index in [2.05, 4.69) is 36.6 Å². The number of carbonyl (C=O) groups is 1. The first-order chi connectivity index (χ1) is 13.1. The average molecular weight is 358 g/mol. The molecule has 0 spiro atoms. The van der Waals surface area contributed by atoms with E-state index in [1.54, 1.807) is 0 Å². The predicted octanol–water partition coefficient (Wildman–Crippen LogP) is 5.28. The number of benzene rings is 3. The van der Waals surface area contributed by atoms with Crippen LogP contribution in [0.15, 0.2) is 84.9 Å². The van der Waals surface area contributed by atoms with E-state index >= 15 is 0 Å². The second kappa shape index (κ2) is 9.15. The summed E-state index contributed by atoms with van der Waals surface area (Å²) in [6.45, 7) is 4.58. The number of anilines is 1. The van der Waals surface area contributed by atoms with Crippen LogP contribution >= 0.6 is 0 Å². The smallest absolute Gasteiger partial charge is 0.238 e. The summed E-state index contributed by atoms with van der Waals surface area (Å²) in [5.41, 5.74) is 4.14. The van der Waals surface area contributed by atoms with Crippen molar-refractivity contribution < 1.29 is 4.79 Å². The van der Waals surface area contributed by atoms with Crippen molar-refractivity contribution in [2.24, 2.45) is 5.92 Å². The lowest BCUT2D eigenvalue weighted by atomic mass is 9.96. The van der Waals surface area contributed by atoms with Gasteiger partial charge in [-0.2, -0.15) is 0 Å². The van der Waals surface area contributed by atoms with Gasteiger partial charge in [0.15, 0.2) is 0 Å². The third kappa shape index (κ3) is 5.05. The van der Waals surface area contributed by atoms with Gasteiger partial charge >= 0.3 is 0 Å². The molecule has 0 saturated carbocycles. The lowest BCUT2D eigenvalue weighted by molar-refractivity contribution is -0.115. The largest absolute Gasteiger partial charge is 0.324 e. The van der Waals surface area contributed by atoms with Gasteiger partial charge in [0.1, 0.15) is 0 Å². The summed E-state index contributed by atoms with van der Waals surface area (Å²) in [6.07, 6.45) is 0. The van der Waals surface area contributed by atoms with Crippen LogP contribution < -0.4 is 10.6 Å². The molecule has 138 valence electrons. The molecule has 0 unspecified atom stereocenters. The van der Waals surface area contributed by atoms with E-state index in [1.807, 2.05) is 72.8 Å². The van der Waals surface area contributed by atoms with E-state index in [-0.39, 0.29) is 18.5 Å². The highest BCUT2D eigenvalue weighted by Crippen LogP contribution is 2.27. The molecule has 0 aliphatic carbocycles. The summed E-state index contributed by atoms with van der Waals surface area (Å²) in [7, 11) is 0. The molecular weight excluding hydrogens is 332 g/mol. The highest BCUT2D eigenvalue weighted by atomic mass is 16.1. The molecule has 0 bridgehead atoms. The van der Waals surface area contributed by atoms with Crippen LogP contribution in [0.4, 0.5) is 5.69 Å². The maximum atomic E-state index is 12.6. The molecule has 3 nitrogen and oxygen atoms in total. The molecule has 3 rings (SSSR count). The summed E-state index contributed by atoms with van der Waals surface area (Å²) in [4.78, 5) is 12.6. The molecular formula is C24H26N2O. The summed E-state index contributed by atoms with van der Waals surface area (Å²) in [6, 6.07) is 28.4. The first-order valence-electron chi connectivity index (χ1n) is 9.38. The van der Waals surface area contributed by atoms with Gasteiger partial charge in [-0.25, -0.2) is 0 Å². The summed E-state index contributed by atoms with van der Waals surface area (Å²) < 4.78 is 0. The zero-order valence-corrected chi connectivity index (χ0v) is 15.9. The van der Waals surface area contributed by atoms with E-state index in [0.29, 0.717) is 5.92 Å². The SMILES string of the molecule is CC(C)[C@H](NCC(=O)Nc1ccccc1-c1ccccc1)c1ccccc1. The maximum Gasteiger partial charge on any atom is 0.238 e. The molecule has 27 heavy (non-hydrogen) atoms. The Morgan fingerprint density at radius 2 is 1.41 bits per heavy atom. The Hall–Kier alpha value is -2.91. The van der Waals surface area contributed by atoms with E-state index in [0.717, 1.165) is 16.8 Å². The van der Waals surface area contributed by atoms with Gasteiger partial charge in [-0.15, -0.1) is 0 Å². The zero-order valence-electron chi connectivity index (χ0n) is 15.9. The van der Waals surface area contributed by atoms with Crippen LogP contribution in [-0.2, 0) is 4.79 Å². The monoisotopic (exact) mass is 358 g/mol. The van der Waals surface area contributed by atoms with Crippen molar-refractivity contribution >= 4 is 11.6 Å².